The molecule has 0 unspecified atom stereocenters. The monoisotopic (exact) mass is 538 g/mol. The molecule has 3 heteroatoms. The van der Waals surface area contributed by atoms with Crippen molar-refractivity contribution in [1.29, 1.82) is 0 Å². The number of nitrogens with zero attached hydrogens (tertiary/aromatic N) is 2. The van der Waals surface area contributed by atoms with Gasteiger partial charge in [0.05, 0.1) is 11.7 Å². The van der Waals surface area contributed by atoms with Crippen molar-refractivity contribution in [3.8, 4) is 22.3 Å². The Morgan fingerprint density at radius 1 is 0.429 bits per heavy atom. The molecule has 42 heavy (non-hydrogen) atoms. The second kappa shape index (κ2) is 10.1. The van der Waals surface area contributed by atoms with Crippen molar-refractivity contribution in [3.05, 3.63) is 158 Å². The molecule has 0 aliphatic heterocycles. The number of fused-ring (bicyclic) bond motifs is 5. The normalized spacial score (nSPS) is 11.3. The lowest BCUT2D eigenvalue weighted by Gasteiger charge is -2.25. The van der Waals surface area contributed by atoms with E-state index in [4.69, 9.17) is 4.42 Å². The van der Waals surface area contributed by atoms with Crippen LogP contribution in [0.1, 0.15) is 0 Å². The van der Waals surface area contributed by atoms with E-state index in [2.05, 4.69) is 137 Å². The molecule has 0 saturated carbocycles. The van der Waals surface area contributed by atoms with Crippen LogP contribution in [0, 0.1) is 0 Å². The first-order valence-corrected chi connectivity index (χ1v) is 14.1. The zero-order chi connectivity index (χ0) is 27.9. The van der Waals surface area contributed by atoms with Gasteiger partial charge < -0.3 is 9.32 Å². The van der Waals surface area contributed by atoms with Gasteiger partial charge in [0, 0.05) is 39.3 Å². The number of hydrogen-bond donors (Lipinski definition) is 0. The molecule has 0 aliphatic carbocycles. The number of para-hydroxylation sites is 2. The lowest BCUT2D eigenvalue weighted by atomic mass is 10.00. The van der Waals surface area contributed by atoms with E-state index in [0.29, 0.717) is 0 Å². The lowest BCUT2D eigenvalue weighted by molar-refractivity contribution is 0.667. The van der Waals surface area contributed by atoms with Crippen LogP contribution in [0.5, 0.6) is 0 Å². The SMILES string of the molecule is c1ccc(-c2ccc(-c3ccc(N(c4ccccc4)c4ccc5c(c4)oc4cnc6ccccc6c45)cc3)cc2)cc1. The molecule has 8 rings (SSSR count). The van der Waals surface area contributed by atoms with E-state index in [0.717, 1.165) is 49.9 Å². The summed E-state index contributed by atoms with van der Waals surface area (Å²) in [6.45, 7) is 0. The Morgan fingerprint density at radius 3 is 1.69 bits per heavy atom. The topological polar surface area (TPSA) is 29.3 Å². The van der Waals surface area contributed by atoms with Gasteiger partial charge in [-0.05, 0) is 64.7 Å². The quantitative estimate of drug-likeness (QED) is 0.218. The van der Waals surface area contributed by atoms with Crippen LogP contribution in [0.2, 0.25) is 0 Å². The highest BCUT2D eigenvalue weighted by atomic mass is 16.3. The average Bonchev–Trinajstić information content (AvgIpc) is 3.45. The minimum Gasteiger partial charge on any atom is -0.454 e. The molecule has 0 saturated heterocycles. The predicted molar refractivity (Wildman–Crippen MR) is 175 cm³/mol. The van der Waals surface area contributed by atoms with Crippen LogP contribution in [0.3, 0.4) is 0 Å². The van der Waals surface area contributed by atoms with E-state index in [1.807, 2.05) is 30.5 Å². The van der Waals surface area contributed by atoms with Crippen molar-refractivity contribution in [2.24, 2.45) is 0 Å². The summed E-state index contributed by atoms with van der Waals surface area (Å²) < 4.78 is 6.35. The Kier molecular flexibility index (Phi) is 5.79. The highest BCUT2D eigenvalue weighted by molar-refractivity contribution is 6.18. The molecule has 2 heterocycles. The molecule has 0 aliphatic rings. The van der Waals surface area contributed by atoms with Gasteiger partial charge in [-0.25, -0.2) is 0 Å². The van der Waals surface area contributed by atoms with Crippen LogP contribution in [-0.4, -0.2) is 4.98 Å². The first-order valence-electron chi connectivity index (χ1n) is 14.1. The van der Waals surface area contributed by atoms with Crippen molar-refractivity contribution in [3.63, 3.8) is 0 Å². The third-order valence-corrected chi connectivity index (χ3v) is 7.92. The molecule has 8 aromatic rings. The predicted octanol–water partition coefficient (Wildman–Crippen LogP) is 10.9. The van der Waals surface area contributed by atoms with Gasteiger partial charge in [-0.3, -0.25) is 4.98 Å². The maximum atomic E-state index is 6.35. The van der Waals surface area contributed by atoms with E-state index in [1.165, 1.54) is 22.3 Å². The molecule has 0 N–H and O–H groups in total. The number of aromatic nitrogens is 1. The fraction of sp³-hybridized carbons (Fsp3) is 0. The molecular formula is C39H26N2O. The van der Waals surface area contributed by atoms with Crippen molar-refractivity contribution in [2.45, 2.75) is 0 Å². The number of hydrogen-bond acceptors (Lipinski definition) is 3. The van der Waals surface area contributed by atoms with Gasteiger partial charge in [0.15, 0.2) is 5.58 Å². The smallest absolute Gasteiger partial charge is 0.154 e. The summed E-state index contributed by atoms with van der Waals surface area (Å²) in [5.74, 6) is 0. The Balaban J connectivity index is 1.19. The van der Waals surface area contributed by atoms with Gasteiger partial charge in [-0.15, -0.1) is 0 Å². The first kappa shape index (κ1) is 24.2. The summed E-state index contributed by atoms with van der Waals surface area (Å²) in [5.41, 5.74) is 10.6. The molecule has 198 valence electrons. The van der Waals surface area contributed by atoms with Gasteiger partial charge in [0.2, 0.25) is 0 Å². The van der Waals surface area contributed by atoms with E-state index in [-0.39, 0.29) is 0 Å². The second-order valence-electron chi connectivity index (χ2n) is 10.5. The third kappa shape index (κ3) is 4.20. The van der Waals surface area contributed by atoms with E-state index in [9.17, 15) is 0 Å². The summed E-state index contributed by atoms with van der Waals surface area (Å²) >= 11 is 0. The van der Waals surface area contributed by atoms with Crippen molar-refractivity contribution in [1.82, 2.24) is 4.98 Å². The molecular weight excluding hydrogens is 512 g/mol. The van der Waals surface area contributed by atoms with Crippen LogP contribution >= 0.6 is 0 Å². The highest BCUT2D eigenvalue weighted by Crippen LogP contribution is 2.40. The second-order valence-corrected chi connectivity index (χ2v) is 10.5. The summed E-state index contributed by atoms with van der Waals surface area (Å²) in [6, 6.07) is 53.2. The first-order chi connectivity index (χ1) is 20.8. The molecule has 0 radical (unpaired) electrons. The van der Waals surface area contributed by atoms with E-state index in [1.54, 1.807) is 0 Å². The van der Waals surface area contributed by atoms with Crippen molar-refractivity contribution in [2.75, 3.05) is 4.90 Å². The molecule has 0 fully saturated rings. The molecule has 2 aromatic heterocycles. The summed E-state index contributed by atoms with van der Waals surface area (Å²) in [5, 5.41) is 3.31. The Hall–Kier alpha value is -5.67. The minimum atomic E-state index is 0.801. The van der Waals surface area contributed by atoms with Crippen LogP contribution in [0.4, 0.5) is 17.1 Å². The van der Waals surface area contributed by atoms with E-state index >= 15 is 0 Å². The van der Waals surface area contributed by atoms with Gasteiger partial charge >= 0.3 is 0 Å². The van der Waals surface area contributed by atoms with E-state index < -0.39 is 0 Å². The Morgan fingerprint density at radius 2 is 0.976 bits per heavy atom. The van der Waals surface area contributed by atoms with Crippen molar-refractivity contribution < 1.29 is 4.42 Å². The number of rotatable bonds is 5. The summed E-state index contributed by atoms with van der Waals surface area (Å²) in [7, 11) is 0. The largest absolute Gasteiger partial charge is 0.454 e. The molecule has 0 spiro atoms. The van der Waals surface area contributed by atoms with Gasteiger partial charge in [-0.1, -0.05) is 103 Å². The molecule has 3 nitrogen and oxygen atoms in total. The van der Waals surface area contributed by atoms with Crippen molar-refractivity contribution >= 4 is 49.9 Å². The Labute approximate surface area is 243 Å². The molecule has 6 aromatic carbocycles. The van der Waals surface area contributed by atoms with Crippen LogP contribution in [-0.2, 0) is 0 Å². The van der Waals surface area contributed by atoms with Crippen LogP contribution < -0.4 is 4.90 Å². The lowest BCUT2D eigenvalue weighted by Crippen LogP contribution is -2.09. The molecule has 0 atom stereocenters. The number of furan rings is 1. The summed E-state index contributed by atoms with van der Waals surface area (Å²) in [6.07, 6.45) is 1.83. The third-order valence-electron chi connectivity index (χ3n) is 7.92. The zero-order valence-corrected chi connectivity index (χ0v) is 22.8. The molecule has 0 amide bonds. The van der Waals surface area contributed by atoms with Crippen LogP contribution in [0.15, 0.2) is 162 Å². The zero-order valence-electron chi connectivity index (χ0n) is 22.8. The maximum Gasteiger partial charge on any atom is 0.154 e. The highest BCUT2D eigenvalue weighted by Gasteiger charge is 2.17. The summed E-state index contributed by atoms with van der Waals surface area (Å²) in [4.78, 5) is 6.88. The number of benzene rings is 6. The number of anilines is 3. The Bertz CT molecular complexity index is 2170. The fourth-order valence-electron chi connectivity index (χ4n) is 5.85. The standard InChI is InChI=1S/C39H26N2O/c1-3-9-27(10-4-1)28-15-17-29(18-16-28)30-19-21-32(22-20-30)41(31-11-5-2-6-12-31)33-23-24-35-37(25-33)42-38-26-40-36-14-8-7-13-34(36)39(35)38/h1-26H. The van der Waals surface area contributed by atoms with Crippen LogP contribution in [0.25, 0.3) is 55.1 Å². The van der Waals surface area contributed by atoms with Gasteiger partial charge in [-0.2, -0.15) is 0 Å². The molecule has 0 bridgehead atoms. The average molecular weight is 539 g/mol. The maximum absolute atomic E-state index is 6.35. The van der Waals surface area contributed by atoms with Gasteiger partial charge in [0.1, 0.15) is 5.58 Å². The minimum absolute atomic E-state index is 0.801. The number of pyridine rings is 1. The van der Waals surface area contributed by atoms with Gasteiger partial charge in [0.25, 0.3) is 0 Å². The fourth-order valence-corrected chi connectivity index (χ4v) is 5.85.